The Kier molecular flexibility index (Phi) is 16.5. The van der Waals surface area contributed by atoms with Crippen LogP contribution in [0.5, 0.6) is 0 Å². The molecule has 0 bridgehead atoms. The van der Waals surface area contributed by atoms with Gasteiger partial charge in [-0.1, -0.05) is 33.3 Å². The van der Waals surface area contributed by atoms with E-state index in [0.29, 0.717) is 48.8 Å². The van der Waals surface area contributed by atoms with Gasteiger partial charge in [0.05, 0.1) is 13.2 Å². The summed E-state index contributed by atoms with van der Waals surface area (Å²) in [5.74, 6) is 1.16. The Labute approximate surface area is 212 Å². The second-order valence-electron chi connectivity index (χ2n) is 7.85. The van der Waals surface area contributed by atoms with Crippen LogP contribution in [0.2, 0.25) is 0 Å². The molecule has 1 aromatic rings. The molecule has 1 rings (SSSR count). The maximum Gasteiger partial charge on any atom is 0.282 e. The van der Waals surface area contributed by atoms with Crippen LogP contribution in [-0.4, -0.2) is 79.6 Å². The third-order valence-electron chi connectivity index (χ3n) is 5.13. The summed E-state index contributed by atoms with van der Waals surface area (Å²) < 4.78 is 10.2. The highest BCUT2D eigenvalue weighted by Crippen LogP contribution is 2.21. The standard InChI is InChI=1S/C24H40N4O4S2/c1-6-25-22(33-7-2)21(29)26-13-9-8-10-19(3)11-12-20-18-27-23(34-20)24(30)28(14-16-31-4)15-17-32-5/h6,18-19H,1,7-17H2,2-5H3,(H,26,29). The minimum atomic E-state index is -0.127. The molecule has 10 heteroatoms. The van der Waals surface area contributed by atoms with Gasteiger partial charge in [-0.2, -0.15) is 0 Å². The largest absolute Gasteiger partial charge is 0.383 e. The summed E-state index contributed by atoms with van der Waals surface area (Å²) in [7, 11) is 3.25. The van der Waals surface area contributed by atoms with Gasteiger partial charge in [0.15, 0.2) is 10.1 Å². The lowest BCUT2D eigenvalue weighted by molar-refractivity contribution is -0.114. The van der Waals surface area contributed by atoms with Crippen molar-refractivity contribution in [3.63, 3.8) is 0 Å². The Bertz CT molecular complexity index is 762. The molecule has 0 saturated heterocycles. The van der Waals surface area contributed by atoms with Crippen molar-refractivity contribution in [3.05, 3.63) is 28.9 Å². The molecular weight excluding hydrogens is 472 g/mol. The Morgan fingerprint density at radius 3 is 2.59 bits per heavy atom. The summed E-state index contributed by atoms with van der Waals surface area (Å²) in [5.41, 5.74) is 0. The van der Waals surface area contributed by atoms with Crippen molar-refractivity contribution in [2.45, 2.75) is 46.0 Å². The van der Waals surface area contributed by atoms with Gasteiger partial charge in [0, 0.05) is 51.1 Å². The number of amides is 2. The molecule has 0 aliphatic heterocycles. The van der Waals surface area contributed by atoms with E-state index in [4.69, 9.17) is 9.47 Å². The SMILES string of the molecule is C=CN=C(SCC)C(=O)NCCCCC(C)CCc1cnc(C(=O)N(CCOC)CCOC)s1. The van der Waals surface area contributed by atoms with Gasteiger partial charge in [0.25, 0.3) is 11.8 Å². The normalized spacial score (nSPS) is 12.4. The van der Waals surface area contributed by atoms with Crippen molar-refractivity contribution < 1.29 is 19.1 Å². The molecule has 0 fully saturated rings. The number of hydrogen-bond acceptors (Lipinski definition) is 8. The molecule has 8 nitrogen and oxygen atoms in total. The van der Waals surface area contributed by atoms with E-state index in [1.54, 1.807) is 19.1 Å². The molecule has 0 radical (unpaired) electrons. The lowest BCUT2D eigenvalue weighted by Crippen LogP contribution is -2.36. The molecule has 2 amide bonds. The fraction of sp³-hybridized carbons (Fsp3) is 0.667. The summed E-state index contributed by atoms with van der Waals surface area (Å²) in [4.78, 5) is 36.2. The molecule has 0 saturated carbocycles. The molecule has 1 unspecified atom stereocenters. The predicted octanol–water partition coefficient (Wildman–Crippen LogP) is 4.03. The average Bonchev–Trinajstić information content (AvgIpc) is 3.31. The molecule has 0 aromatic carbocycles. The average molecular weight is 513 g/mol. The van der Waals surface area contributed by atoms with Crippen LogP contribution in [0.4, 0.5) is 0 Å². The van der Waals surface area contributed by atoms with E-state index < -0.39 is 0 Å². The number of carbonyl (C=O) groups excluding carboxylic acids is 2. The highest BCUT2D eigenvalue weighted by Gasteiger charge is 2.19. The minimum absolute atomic E-state index is 0.0703. The zero-order valence-electron chi connectivity index (χ0n) is 21.0. The minimum Gasteiger partial charge on any atom is -0.383 e. The lowest BCUT2D eigenvalue weighted by Gasteiger charge is -2.20. The third kappa shape index (κ3) is 12.1. The molecule has 0 aliphatic rings. The summed E-state index contributed by atoms with van der Waals surface area (Å²) in [6.07, 6.45) is 8.27. The van der Waals surface area contributed by atoms with Crippen molar-refractivity contribution in [1.82, 2.24) is 15.2 Å². The van der Waals surface area contributed by atoms with Crippen molar-refractivity contribution >= 4 is 40.0 Å². The molecule has 1 heterocycles. The van der Waals surface area contributed by atoms with Crippen molar-refractivity contribution in [3.8, 4) is 0 Å². The molecule has 0 aliphatic carbocycles. The van der Waals surface area contributed by atoms with E-state index >= 15 is 0 Å². The van der Waals surface area contributed by atoms with Crippen LogP contribution in [0.1, 0.15) is 54.2 Å². The topological polar surface area (TPSA) is 93.1 Å². The third-order valence-corrected chi connectivity index (χ3v) is 7.03. The highest BCUT2D eigenvalue weighted by molar-refractivity contribution is 8.15. The number of hydrogen-bond donors (Lipinski definition) is 1. The smallest absolute Gasteiger partial charge is 0.282 e. The van der Waals surface area contributed by atoms with Gasteiger partial charge in [-0.25, -0.2) is 9.98 Å². The summed E-state index contributed by atoms with van der Waals surface area (Å²) >= 11 is 2.89. The predicted molar refractivity (Wildman–Crippen MR) is 142 cm³/mol. The van der Waals surface area contributed by atoms with Crippen LogP contribution < -0.4 is 5.32 Å². The monoisotopic (exact) mass is 512 g/mol. The first-order valence-electron chi connectivity index (χ1n) is 11.8. The van der Waals surface area contributed by atoms with Gasteiger partial charge >= 0.3 is 0 Å². The van der Waals surface area contributed by atoms with Crippen LogP contribution in [0.25, 0.3) is 0 Å². The number of aliphatic imine (C=N–C) groups is 1. The first-order valence-corrected chi connectivity index (χ1v) is 13.6. The van der Waals surface area contributed by atoms with E-state index in [2.05, 4.69) is 28.8 Å². The second-order valence-corrected chi connectivity index (χ2v) is 10.2. The molecule has 1 atom stereocenters. The number of unbranched alkanes of at least 4 members (excludes halogenated alkanes) is 1. The van der Waals surface area contributed by atoms with Gasteiger partial charge in [-0.3, -0.25) is 9.59 Å². The van der Waals surface area contributed by atoms with Crippen molar-refractivity contribution in [2.24, 2.45) is 10.9 Å². The van der Waals surface area contributed by atoms with Crippen LogP contribution in [0.3, 0.4) is 0 Å². The number of ether oxygens (including phenoxy) is 2. The molecule has 1 N–H and O–H groups in total. The molecular formula is C24H40N4O4S2. The zero-order valence-corrected chi connectivity index (χ0v) is 22.6. The van der Waals surface area contributed by atoms with Crippen LogP contribution in [0.15, 0.2) is 24.0 Å². The van der Waals surface area contributed by atoms with Gasteiger partial charge < -0.3 is 19.7 Å². The summed E-state index contributed by atoms with van der Waals surface area (Å²) in [6.45, 7) is 10.4. The quantitative estimate of drug-likeness (QED) is 0.192. The number of methoxy groups -OCH3 is 2. The van der Waals surface area contributed by atoms with Crippen molar-refractivity contribution in [1.29, 1.82) is 0 Å². The first-order chi connectivity index (χ1) is 16.5. The molecule has 0 spiro atoms. The van der Waals surface area contributed by atoms with Gasteiger partial charge in [-0.05, 0) is 30.9 Å². The Balaban J connectivity index is 2.36. The fourth-order valence-corrected chi connectivity index (χ4v) is 4.71. The fourth-order valence-electron chi connectivity index (χ4n) is 3.18. The Morgan fingerprint density at radius 1 is 1.26 bits per heavy atom. The molecule has 34 heavy (non-hydrogen) atoms. The molecule has 1 aromatic heterocycles. The van der Waals surface area contributed by atoms with Crippen LogP contribution >= 0.6 is 23.1 Å². The lowest BCUT2D eigenvalue weighted by atomic mass is 9.98. The number of nitrogens with one attached hydrogen (secondary N) is 1. The molecule has 192 valence electrons. The number of aromatic nitrogens is 1. The number of carbonyl (C=O) groups is 2. The van der Waals surface area contributed by atoms with E-state index in [-0.39, 0.29) is 11.8 Å². The number of nitrogens with zero attached hydrogens (tertiary/aromatic N) is 3. The Hall–Kier alpha value is -1.75. The number of thioether (sulfide) groups is 1. The van der Waals surface area contributed by atoms with Gasteiger partial charge in [0.1, 0.15) is 0 Å². The second kappa shape index (κ2) is 18.6. The summed E-state index contributed by atoms with van der Waals surface area (Å²) in [6, 6.07) is 0. The summed E-state index contributed by atoms with van der Waals surface area (Å²) in [5, 5.41) is 3.92. The van der Waals surface area contributed by atoms with E-state index in [0.717, 1.165) is 42.7 Å². The number of thiazole rings is 1. The number of aryl methyl sites for hydroxylation is 1. The van der Waals surface area contributed by atoms with Crippen molar-refractivity contribution in [2.75, 3.05) is 52.8 Å². The highest BCUT2D eigenvalue weighted by atomic mass is 32.2. The van der Waals surface area contributed by atoms with Crippen LogP contribution in [0, 0.1) is 5.92 Å². The van der Waals surface area contributed by atoms with Gasteiger partial charge in [-0.15, -0.1) is 23.1 Å². The van der Waals surface area contributed by atoms with Crippen LogP contribution in [-0.2, 0) is 20.7 Å². The van der Waals surface area contributed by atoms with E-state index in [1.165, 1.54) is 29.3 Å². The Morgan fingerprint density at radius 2 is 1.97 bits per heavy atom. The zero-order chi connectivity index (χ0) is 25.2. The first kappa shape index (κ1) is 30.3. The maximum absolute atomic E-state index is 12.8. The number of rotatable bonds is 17. The maximum atomic E-state index is 12.8. The van der Waals surface area contributed by atoms with Gasteiger partial charge in [0.2, 0.25) is 0 Å². The van der Waals surface area contributed by atoms with E-state index in [1.807, 2.05) is 13.1 Å². The van der Waals surface area contributed by atoms with E-state index in [9.17, 15) is 9.59 Å².